The number of ether oxygens (including phenoxy) is 1. The van der Waals surface area contributed by atoms with Crippen LogP contribution in [0.3, 0.4) is 0 Å². The van der Waals surface area contributed by atoms with Crippen LogP contribution in [-0.2, 0) is 11.3 Å². The Bertz CT molecular complexity index is 606. The van der Waals surface area contributed by atoms with E-state index in [-0.39, 0.29) is 0 Å². The summed E-state index contributed by atoms with van der Waals surface area (Å²) in [6, 6.07) is 3.64. The number of halogens is 2. The van der Waals surface area contributed by atoms with Crippen LogP contribution in [0.4, 0.5) is 0 Å². The summed E-state index contributed by atoms with van der Waals surface area (Å²) in [5, 5.41) is 1.07. The highest BCUT2D eigenvalue weighted by atomic mass is 35.5. The van der Waals surface area contributed by atoms with Gasteiger partial charge in [-0.1, -0.05) is 23.2 Å². The minimum atomic E-state index is 0.530. The summed E-state index contributed by atoms with van der Waals surface area (Å²) in [4.78, 5) is 3.13. The molecule has 0 aliphatic carbocycles. The van der Waals surface area contributed by atoms with Crippen LogP contribution in [0.15, 0.2) is 12.1 Å². The van der Waals surface area contributed by atoms with Gasteiger partial charge in [-0.2, -0.15) is 0 Å². The van der Waals surface area contributed by atoms with Gasteiger partial charge in [-0.05, 0) is 37.7 Å². The number of H-pyrrole nitrogens is 1. The maximum atomic E-state index is 6.03. The topological polar surface area (TPSA) is 29.9 Å². The van der Waals surface area contributed by atoms with E-state index in [2.05, 4.69) is 4.98 Å². The van der Waals surface area contributed by atoms with E-state index in [0.717, 1.165) is 37.2 Å². The number of nitrogens with zero attached hydrogens (tertiary/aromatic N) is 1. The number of rotatable bonds is 5. The number of aryl methyl sites for hydroxylation is 1. The lowest BCUT2D eigenvalue weighted by Gasteiger charge is -2.05. The van der Waals surface area contributed by atoms with Gasteiger partial charge >= 0.3 is 0 Å². The third-order valence-electron chi connectivity index (χ3n) is 2.69. The largest absolute Gasteiger partial charge is 0.382 e. The third-order valence-corrected chi connectivity index (χ3v) is 3.74. The molecule has 1 aromatic heterocycles. The molecule has 2 rings (SSSR count). The van der Waals surface area contributed by atoms with Gasteiger partial charge in [0.2, 0.25) is 0 Å². The Hall–Kier alpha value is -0.550. The summed E-state index contributed by atoms with van der Waals surface area (Å²) >= 11 is 17.3. The van der Waals surface area contributed by atoms with Crippen molar-refractivity contribution >= 4 is 46.5 Å². The monoisotopic (exact) mass is 304 g/mol. The van der Waals surface area contributed by atoms with E-state index in [1.165, 1.54) is 0 Å². The fraction of sp³-hybridized carbons (Fsp3) is 0.417. The predicted molar refractivity (Wildman–Crippen MR) is 78.3 cm³/mol. The minimum absolute atomic E-state index is 0.530. The first kappa shape index (κ1) is 13.9. The van der Waals surface area contributed by atoms with Crippen LogP contribution in [0.25, 0.3) is 11.0 Å². The number of aromatic amines is 1. The fourth-order valence-corrected chi connectivity index (χ4v) is 2.46. The van der Waals surface area contributed by atoms with Crippen LogP contribution in [0.1, 0.15) is 13.3 Å². The minimum Gasteiger partial charge on any atom is -0.382 e. The Kier molecular flexibility index (Phi) is 4.67. The molecule has 0 fully saturated rings. The summed E-state index contributed by atoms with van der Waals surface area (Å²) in [5.74, 6) is 0. The van der Waals surface area contributed by atoms with E-state index in [1.807, 2.05) is 17.6 Å². The zero-order chi connectivity index (χ0) is 13.1. The molecule has 3 nitrogen and oxygen atoms in total. The smallest absolute Gasteiger partial charge is 0.178 e. The molecule has 0 spiro atoms. The van der Waals surface area contributed by atoms with Crippen molar-refractivity contribution < 1.29 is 4.74 Å². The highest BCUT2D eigenvalue weighted by molar-refractivity contribution is 7.71. The van der Waals surface area contributed by atoms with Crippen LogP contribution in [-0.4, -0.2) is 22.8 Å². The van der Waals surface area contributed by atoms with Crippen molar-refractivity contribution in [3.63, 3.8) is 0 Å². The first-order valence-electron chi connectivity index (χ1n) is 5.78. The van der Waals surface area contributed by atoms with Crippen LogP contribution >= 0.6 is 35.4 Å². The molecular formula is C12H14Cl2N2OS. The summed E-state index contributed by atoms with van der Waals surface area (Å²) in [6.07, 6.45) is 0.912. The zero-order valence-corrected chi connectivity index (χ0v) is 12.3. The van der Waals surface area contributed by atoms with Crippen molar-refractivity contribution in [1.29, 1.82) is 0 Å². The van der Waals surface area contributed by atoms with Crippen molar-refractivity contribution in [2.45, 2.75) is 19.9 Å². The van der Waals surface area contributed by atoms with Crippen LogP contribution in [0, 0.1) is 4.77 Å². The second-order valence-corrected chi connectivity index (χ2v) is 5.12. The first-order chi connectivity index (χ1) is 8.63. The van der Waals surface area contributed by atoms with E-state index in [0.29, 0.717) is 14.8 Å². The number of aromatic nitrogens is 2. The molecule has 0 unspecified atom stereocenters. The molecule has 18 heavy (non-hydrogen) atoms. The van der Waals surface area contributed by atoms with Gasteiger partial charge in [0.25, 0.3) is 0 Å². The van der Waals surface area contributed by atoms with Gasteiger partial charge in [0.15, 0.2) is 4.77 Å². The van der Waals surface area contributed by atoms with E-state index >= 15 is 0 Å². The number of benzene rings is 1. The third kappa shape index (κ3) is 2.88. The van der Waals surface area contributed by atoms with Gasteiger partial charge in [-0.15, -0.1) is 0 Å². The van der Waals surface area contributed by atoms with Gasteiger partial charge < -0.3 is 14.3 Å². The van der Waals surface area contributed by atoms with E-state index in [9.17, 15) is 0 Å². The van der Waals surface area contributed by atoms with Crippen molar-refractivity contribution in [1.82, 2.24) is 9.55 Å². The predicted octanol–water partition coefficient (Wildman–Crippen LogP) is 4.43. The average molecular weight is 305 g/mol. The molecule has 0 amide bonds. The summed E-state index contributed by atoms with van der Waals surface area (Å²) in [5.41, 5.74) is 1.89. The molecule has 0 atom stereocenters. The number of imidazole rings is 1. The van der Waals surface area contributed by atoms with Crippen LogP contribution in [0.2, 0.25) is 10.0 Å². The second-order valence-electron chi connectivity index (χ2n) is 3.92. The molecule has 98 valence electrons. The van der Waals surface area contributed by atoms with Gasteiger partial charge in [0, 0.05) is 19.8 Å². The molecule has 6 heteroatoms. The Morgan fingerprint density at radius 3 is 2.78 bits per heavy atom. The van der Waals surface area contributed by atoms with Crippen molar-refractivity contribution in [2.75, 3.05) is 13.2 Å². The van der Waals surface area contributed by atoms with E-state index in [4.69, 9.17) is 40.2 Å². The quantitative estimate of drug-likeness (QED) is 0.654. The molecule has 1 aromatic carbocycles. The molecule has 0 aliphatic heterocycles. The first-order valence-corrected chi connectivity index (χ1v) is 6.95. The number of fused-ring (bicyclic) bond motifs is 1. The molecular weight excluding hydrogens is 291 g/mol. The summed E-state index contributed by atoms with van der Waals surface area (Å²) in [6.45, 7) is 4.25. The van der Waals surface area contributed by atoms with Gasteiger partial charge in [0.1, 0.15) is 0 Å². The summed E-state index contributed by atoms with van der Waals surface area (Å²) in [7, 11) is 0. The second kappa shape index (κ2) is 6.06. The van der Waals surface area contributed by atoms with Gasteiger partial charge in [-0.3, -0.25) is 0 Å². The highest BCUT2D eigenvalue weighted by Gasteiger charge is 2.07. The Labute approximate surface area is 121 Å². The maximum Gasteiger partial charge on any atom is 0.178 e. The SMILES string of the molecule is CCOCCCn1c(=S)[nH]c2cc(Cl)c(Cl)cc21. The molecule has 1 heterocycles. The highest BCUT2D eigenvalue weighted by Crippen LogP contribution is 2.27. The molecule has 0 saturated carbocycles. The molecule has 0 bridgehead atoms. The number of nitrogens with one attached hydrogen (secondary N) is 1. The van der Waals surface area contributed by atoms with Crippen molar-refractivity contribution in [2.24, 2.45) is 0 Å². The Balaban J connectivity index is 2.29. The lowest BCUT2D eigenvalue weighted by atomic mass is 10.3. The van der Waals surface area contributed by atoms with E-state index in [1.54, 1.807) is 6.07 Å². The number of hydrogen-bond acceptors (Lipinski definition) is 2. The molecule has 0 radical (unpaired) electrons. The van der Waals surface area contributed by atoms with Crippen LogP contribution in [0.5, 0.6) is 0 Å². The van der Waals surface area contributed by atoms with Gasteiger partial charge in [-0.25, -0.2) is 0 Å². The molecule has 0 saturated heterocycles. The lowest BCUT2D eigenvalue weighted by molar-refractivity contribution is 0.142. The average Bonchev–Trinajstić information content (AvgIpc) is 2.62. The van der Waals surface area contributed by atoms with Gasteiger partial charge in [0.05, 0.1) is 21.1 Å². The Morgan fingerprint density at radius 2 is 2.06 bits per heavy atom. The van der Waals surface area contributed by atoms with E-state index < -0.39 is 0 Å². The standard InChI is InChI=1S/C12H14Cl2N2OS/c1-2-17-5-3-4-16-11-7-9(14)8(13)6-10(11)15-12(16)18/h6-7H,2-5H2,1H3,(H,15,18). The van der Waals surface area contributed by atoms with Crippen LogP contribution < -0.4 is 0 Å². The van der Waals surface area contributed by atoms with Crippen molar-refractivity contribution in [3.8, 4) is 0 Å². The van der Waals surface area contributed by atoms with Crippen molar-refractivity contribution in [3.05, 3.63) is 26.9 Å². The normalized spacial score (nSPS) is 11.3. The Morgan fingerprint density at radius 1 is 1.33 bits per heavy atom. The molecule has 0 aliphatic rings. The number of hydrogen-bond donors (Lipinski definition) is 1. The fourth-order valence-electron chi connectivity index (χ4n) is 1.84. The zero-order valence-electron chi connectivity index (χ0n) is 10.0. The maximum absolute atomic E-state index is 6.03. The summed E-state index contributed by atoms with van der Waals surface area (Å²) < 4.78 is 8.02. The molecule has 2 aromatic rings. The lowest BCUT2D eigenvalue weighted by Crippen LogP contribution is -2.02. The molecule has 1 N–H and O–H groups in total.